The van der Waals surface area contributed by atoms with Crippen LogP contribution >= 0.6 is 0 Å². The number of nitrogens with zero attached hydrogens (tertiary/aromatic N) is 4. The molecule has 3 rings (SSSR count). The van der Waals surface area contributed by atoms with Gasteiger partial charge in [-0.1, -0.05) is 18.2 Å². The number of hydrogen-bond acceptors (Lipinski definition) is 7. The molecule has 25 heavy (non-hydrogen) atoms. The lowest BCUT2D eigenvalue weighted by Gasteiger charge is -2.30. The van der Waals surface area contributed by atoms with Gasteiger partial charge in [-0.05, 0) is 30.9 Å². The Labute approximate surface area is 146 Å². The van der Waals surface area contributed by atoms with Crippen molar-refractivity contribution in [1.29, 1.82) is 0 Å². The van der Waals surface area contributed by atoms with Gasteiger partial charge in [0.15, 0.2) is 0 Å². The van der Waals surface area contributed by atoms with Gasteiger partial charge in [-0.3, -0.25) is 10.1 Å². The van der Waals surface area contributed by atoms with E-state index in [4.69, 9.17) is 4.74 Å². The van der Waals surface area contributed by atoms with Crippen molar-refractivity contribution >= 4 is 23.0 Å². The monoisotopic (exact) mass is 343 g/mol. The van der Waals surface area contributed by atoms with Crippen LogP contribution in [0.1, 0.15) is 18.4 Å². The summed E-state index contributed by atoms with van der Waals surface area (Å²) in [6, 6.07) is 7.96. The molecule has 0 saturated heterocycles. The molecular weight excluding hydrogens is 322 g/mol. The standard InChI is InChI=1S/C17H21N5O3/c1-25-11-5-9-18-16-15(22(23)24)17(20-12-19-16)21-10-4-7-13-6-2-3-8-14(13)21/h2-3,6,8,12H,4-5,7,9-11H2,1H3,(H,18,19,20). The minimum Gasteiger partial charge on any atom is -0.385 e. The number of anilines is 3. The minimum absolute atomic E-state index is 0.0865. The topological polar surface area (TPSA) is 93.4 Å². The molecule has 1 aliphatic rings. The van der Waals surface area contributed by atoms with Crippen molar-refractivity contribution in [3.05, 3.63) is 46.3 Å². The van der Waals surface area contributed by atoms with Gasteiger partial charge in [-0.2, -0.15) is 0 Å². The summed E-state index contributed by atoms with van der Waals surface area (Å²) in [5, 5.41) is 14.8. The third kappa shape index (κ3) is 3.69. The average Bonchev–Trinajstić information content (AvgIpc) is 2.64. The Morgan fingerprint density at radius 2 is 2.20 bits per heavy atom. The molecule has 1 aromatic carbocycles. The molecule has 1 aromatic heterocycles. The van der Waals surface area contributed by atoms with Crippen molar-refractivity contribution in [1.82, 2.24) is 9.97 Å². The zero-order valence-electron chi connectivity index (χ0n) is 14.1. The summed E-state index contributed by atoms with van der Waals surface area (Å²) >= 11 is 0. The van der Waals surface area contributed by atoms with E-state index in [2.05, 4.69) is 21.4 Å². The first kappa shape index (κ1) is 17.1. The van der Waals surface area contributed by atoms with Gasteiger partial charge >= 0.3 is 5.69 Å². The first-order valence-electron chi connectivity index (χ1n) is 8.30. The molecule has 8 nitrogen and oxygen atoms in total. The molecule has 2 heterocycles. The van der Waals surface area contributed by atoms with Gasteiger partial charge < -0.3 is 15.0 Å². The van der Waals surface area contributed by atoms with Gasteiger partial charge in [-0.25, -0.2) is 9.97 Å². The van der Waals surface area contributed by atoms with E-state index in [1.54, 1.807) is 7.11 Å². The van der Waals surface area contributed by atoms with Crippen LogP contribution in [0, 0.1) is 10.1 Å². The van der Waals surface area contributed by atoms with Crippen molar-refractivity contribution < 1.29 is 9.66 Å². The molecule has 0 bridgehead atoms. The lowest BCUT2D eigenvalue weighted by molar-refractivity contribution is -0.383. The fourth-order valence-corrected chi connectivity index (χ4v) is 3.04. The third-order valence-corrected chi connectivity index (χ3v) is 4.17. The van der Waals surface area contributed by atoms with Crippen LogP contribution in [0.5, 0.6) is 0 Å². The number of ether oxygens (including phenoxy) is 1. The van der Waals surface area contributed by atoms with Gasteiger partial charge in [0.2, 0.25) is 11.6 Å². The Bertz CT molecular complexity index is 753. The molecule has 0 saturated carbocycles. The maximum atomic E-state index is 11.7. The Kier molecular flexibility index (Phi) is 5.39. The van der Waals surface area contributed by atoms with Crippen LogP contribution in [0.4, 0.5) is 23.0 Å². The first-order chi connectivity index (χ1) is 12.2. The number of aromatic nitrogens is 2. The largest absolute Gasteiger partial charge is 0.385 e. The number of nitro groups is 1. The number of rotatable bonds is 7. The highest BCUT2D eigenvalue weighted by molar-refractivity contribution is 5.77. The second kappa shape index (κ2) is 7.89. The number of para-hydroxylation sites is 1. The highest BCUT2D eigenvalue weighted by Crippen LogP contribution is 2.39. The van der Waals surface area contributed by atoms with Crippen molar-refractivity contribution in [2.24, 2.45) is 0 Å². The van der Waals surface area contributed by atoms with E-state index >= 15 is 0 Å². The number of hydrogen-bond donors (Lipinski definition) is 1. The minimum atomic E-state index is -0.412. The maximum absolute atomic E-state index is 11.7. The van der Waals surface area contributed by atoms with E-state index in [-0.39, 0.29) is 11.5 Å². The summed E-state index contributed by atoms with van der Waals surface area (Å²) in [5.74, 6) is 0.579. The smallest absolute Gasteiger partial charge is 0.353 e. The highest BCUT2D eigenvalue weighted by atomic mass is 16.6. The Balaban J connectivity index is 1.95. The van der Waals surface area contributed by atoms with E-state index in [1.807, 2.05) is 23.1 Å². The fraction of sp³-hybridized carbons (Fsp3) is 0.412. The van der Waals surface area contributed by atoms with Crippen LogP contribution in [0.3, 0.4) is 0 Å². The molecule has 0 aliphatic carbocycles. The Morgan fingerprint density at radius 3 is 3.00 bits per heavy atom. The molecule has 0 spiro atoms. The van der Waals surface area contributed by atoms with Crippen molar-refractivity contribution in [2.75, 3.05) is 37.0 Å². The van der Waals surface area contributed by atoms with Crippen molar-refractivity contribution in [3.63, 3.8) is 0 Å². The van der Waals surface area contributed by atoms with Crippen LogP contribution < -0.4 is 10.2 Å². The molecule has 0 atom stereocenters. The van der Waals surface area contributed by atoms with Crippen LogP contribution in [-0.2, 0) is 11.2 Å². The summed E-state index contributed by atoms with van der Waals surface area (Å²) in [5.41, 5.74) is 2.06. The van der Waals surface area contributed by atoms with Gasteiger partial charge in [0, 0.05) is 32.5 Å². The van der Waals surface area contributed by atoms with E-state index in [0.717, 1.165) is 24.9 Å². The van der Waals surface area contributed by atoms with E-state index in [1.165, 1.54) is 11.9 Å². The predicted octanol–water partition coefficient (Wildman–Crippen LogP) is 2.92. The van der Waals surface area contributed by atoms with E-state index in [9.17, 15) is 10.1 Å². The summed E-state index contributed by atoms with van der Waals surface area (Å²) in [7, 11) is 1.62. The van der Waals surface area contributed by atoms with Gasteiger partial charge in [0.25, 0.3) is 0 Å². The molecule has 132 valence electrons. The molecule has 8 heteroatoms. The average molecular weight is 343 g/mol. The van der Waals surface area contributed by atoms with Crippen LogP contribution in [-0.4, -0.2) is 41.7 Å². The number of nitrogens with one attached hydrogen (secondary N) is 1. The second-order valence-corrected chi connectivity index (χ2v) is 5.81. The number of methoxy groups -OCH3 is 1. The Morgan fingerprint density at radius 1 is 1.36 bits per heavy atom. The van der Waals surface area contributed by atoms with Crippen LogP contribution in [0.25, 0.3) is 0 Å². The predicted molar refractivity (Wildman–Crippen MR) is 95.4 cm³/mol. The molecular formula is C17H21N5O3. The highest BCUT2D eigenvalue weighted by Gasteiger charge is 2.29. The van der Waals surface area contributed by atoms with Crippen molar-refractivity contribution in [3.8, 4) is 0 Å². The van der Waals surface area contributed by atoms with Gasteiger partial charge in [0.05, 0.1) is 4.92 Å². The van der Waals surface area contributed by atoms with E-state index < -0.39 is 4.92 Å². The van der Waals surface area contributed by atoms with Crippen LogP contribution in [0.15, 0.2) is 30.6 Å². The number of fused-ring (bicyclic) bond motifs is 1. The second-order valence-electron chi connectivity index (χ2n) is 5.81. The fourth-order valence-electron chi connectivity index (χ4n) is 3.04. The van der Waals surface area contributed by atoms with E-state index in [0.29, 0.717) is 25.5 Å². The quantitative estimate of drug-likeness (QED) is 0.469. The molecule has 0 fully saturated rings. The van der Waals surface area contributed by atoms with Crippen molar-refractivity contribution in [2.45, 2.75) is 19.3 Å². The first-order valence-corrected chi connectivity index (χ1v) is 8.30. The lowest BCUT2D eigenvalue weighted by Crippen LogP contribution is -2.26. The number of benzene rings is 1. The molecule has 2 aromatic rings. The number of aryl methyl sites for hydroxylation is 1. The summed E-state index contributed by atoms with van der Waals surface area (Å²) < 4.78 is 5.00. The molecule has 0 amide bonds. The lowest BCUT2D eigenvalue weighted by atomic mass is 10.0. The maximum Gasteiger partial charge on any atom is 0.353 e. The Hall–Kier alpha value is -2.74. The zero-order valence-corrected chi connectivity index (χ0v) is 14.1. The van der Waals surface area contributed by atoms with Gasteiger partial charge in [0.1, 0.15) is 6.33 Å². The molecule has 1 aliphatic heterocycles. The van der Waals surface area contributed by atoms with Gasteiger partial charge in [-0.15, -0.1) is 0 Å². The molecule has 0 unspecified atom stereocenters. The summed E-state index contributed by atoms with van der Waals surface area (Å²) in [6.45, 7) is 1.82. The molecule has 1 N–H and O–H groups in total. The summed E-state index contributed by atoms with van der Waals surface area (Å²) in [6.07, 6.45) is 4.00. The zero-order chi connectivity index (χ0) is 17.6. The molecule has 0 radical (unpaired) electrons. The summed E-state index contributed by atoms with van der Waals surface area (Å²) in [4.78, 5) is 21.5. The third-order valence-electron chi connectivity index (χ3n) is 4.17. The normalized spacial score (nSPS) is 13.4. The SMILES string of the molecule is COCCCNc1ncnc(N2CCCc3ccccc32)c1[N+](=O)[O-]. The van der Waals surface area contributed by atoms with Crippen LogP contribution in [0.2, 0.25) is 0 Å².